The average molecular weight is 191 g/mol. The molecule has 0 aliphatic carbocycles. The highest BCUT2D eigenvalue weighted by molar-refractivity contribution is 5.30. The number of rotatable bonds is 0. The summed E-state index contributed by atoms with van der Waals surface area (Å²) >= 11 is 0. The molecule has 0 aromatic carbocycles. The van der Waals surface area contributed by atoms with Gasteiger partial charge in [0.1, 0.15) is 6.04 Å². The van der Waals surface area contributed by atoms with Crippen LogP contribution in [0.3, 0.4) is 0 Å². The van der Waals surface area contributed by atoms with E-state index in [2.05, 4.69) is 10.3 Å². The molecular weight excluding hydrogens is 183 g/mol. The minimum atomic E-state index is -4.18. The van der Waals surface area contributed by atoms with Crippen LogP contribution in [0.25, 0.3) is 0 Å². The molecule has 2 rings (SSSR count). The van der Waals surface area contributed by atoms with Crippen LogP contribution >= 0.6 is 0 Å². The van der Waals surface area contributed by atoms with Gasteiger partial charge in [-0.1, -0.05) is 0 Å². The number of hydrogen-bond donors (Lipinski definition) is 1. The Morgan fingerprint density at radius 1 is 1.54 bits per heavy atom. The van der Waals surface area contributed by atoms with E-state index < -0.39 is 12.2 Å². The molecule has 1 aliphatic rings. The van der Waals surface area contributed by atoms with Gasteiger partial charge in [0.2, 0.25) is 5.95 Å². The van der Waals surface area contributed by atoms with Gasteiger partial charge in [0.15, 0.2) is 0 Å². The molecule has 0 radical (unpaired) electrons. The zero-order chi connectivity index (χ0) is 9.47. The molecule has 1 atom stereocenters. The smallest absolute Gasteiger partial charge is 0.344 e. The Morgan fingerprint density at radius 3 is 3.00 bits per heavy atom. The molecule has 1 aromatic rings. The first-order chi connectivity index (χ1) is 6.07. The molecule has 1 aliphatic heterocycles. The van der Waals surface area contributed by atoms with Crippen molar-refractivity contribution < 1.29 is 13.2 Å². The van der Waals surface area contributed by atoms with E-state index in [9.17, 15) is 13.2 Å². The van der Waals surface area contributed by atoms with E-state index in [0.717, 1.165) is 0 Å². The molecule has 1 unspecified atom stereocenters. The van der Waals surface area contributed by atoms with Crippen molar-refractivity contribution in [3.8, 4) is 0 Å². The maximum Gasteiger partial charge on any atom is 0.408 e. The van der Waals surface area contributed by atoms with Crippen LogP contribution in [0, 0.1) is 0 Å². The van der Waals surface area contributed by atoms with Gasteiger partial charge in [0, 0.05) is 18.9 Å². The molecule has 0 saturated heterocycles. The van der Waals surface area contributed by atoms with Gasteiger partial charge in [-0.25, -0.2) is 4.98 Å². The summed E-state index contributed by atoms with van der Waals surface area (Å²) in [7, 11) is 0. The fourth-order valence-electron chi connectivity index (χ4n) is 1.37. The molecular formula is C7H8F3N3. The Hall–Kier alpha value is -1.20. The van der Waals surface area contributed by atoms with Crippen molar-refractivity contribution in [1.82, 2.24) is 9.55 Å². The van der Waals surface area contributed by atoms with Crippen LogP contribution in [-0.2, 0) is 6.54 Å². The summed E-state index contributed by atoms with van der Waals surface area (Å²) in [5.74, 6) is 0.300. The number of alkyl halides is 3. The second kappa shape index (κ2) is 2.65. The van der Waals surface area contributed by atoms with Crippen molar-refractivity contribution in [3.63, 3.8) is 0 Å². The Balaban J connectivity index is 2.18. The van der Waals surface area contributed by atoms with Crippen LogP contribution in [-0.4, -0.2) is 21.8 Å². The fraction of sp³-hybridized carbons (Fsp3) is 0.571. The summed E-state index contributed by atoms with van der Waals surface area (Å²) in [6, 6.07) is -1.46. The number of fused-ring (bicyclic) bond motifs is 1. The van der Waals surface area contributed by atoms with E-state index in [1.165, 1.54) is 6.20 Å². The maximum absolute atomic E-state index is 12.2. The summed E-state index contributed by atoms with van der Waals surface area (Å²) in [5.41, 5.74) is 0. The lowest BCUT2D eigenvalue weighted by Gasteiger charge is -2.27. The normalized spacial score (nSPS) is 22.2. The Bertz CT molecular complexity index is 304. The van der Waals surface area contributed by atoms with Crippen molar-refractivity contribution in [3.05, 3.63) is 12.4 Å². The van der Waals surface area contributed by atoms with E-state index in [4.69, 9.17) is 0 Å². The van der Waals surface area contributed by atoms with Crippen molar-refractivity contribution in [1.29, 1.82) is 0 Å². The van der Waals surface area contributed by atoms with Crippen LogP contribution in [0.1, 0.15) is 6.42 Å². The topological polar surface area (TPSA) is 29.9 Å². The number of imidazole rings is 1. The van der Waals surface area contributed by atoms with E-state index in [1.54, 1.807) is 10.8 Å². The van der Waals surface area contributed by atoms with Crippen molar-refractivity contribution in [2.45, 2.75) is 25.2 Å². The van der Waals surface area contributed by atoms with E-state index in [0.29, 0.717) is 12.5 Å². The molecule has 0 fully saturated rings. The molecule has 1 aromatic heterocycles. The van der Waals surface area contributed by atoms with Gasteiger partial charge in [-0.2, -0.15) is 13.2 Å². The summed E-state index contributed by atoms with van der Waals surface area (Å²) in [4.78, 5) is 3.77. The van der Waals surface area contributed by atoms with Crippen LogP contribution < -0.4 is 5.32 Å². The standard InChI is InChI=1S/C7H8F3N3/c8-7(9,10)5-1-3-13-4-2-11-6(13)12-5/h2,4-5H,1,3H2,(H,11,12). The van der Waals surface area contributed by atoms with Gasteiger partial charge in [0.05, 0.1) is 0 Å². The highest BCUT2D eigenvalue weighted by atomic mass is 19.4. The van der Waals surface area contributed by atoms with E-state index >= 15 is 0 Å². The number of nitrogens with one attached hydrogen (secondary N) is 1. The predicted octanol–water partition coefficient (Wildman–Crippen LogP) is 1.63. The first kappa shape index (κ1) is 8.40. The molecule has 72 valence electrons. The minimum Gasteiger partial charge on any atom is -0.344 e. The van der Waals surface area contributed by atoms with Crippen molar-refractivity contribution in [2.24, 2.45) is 0 Å². The molecule has 3 nitrogen and oxygen atoms in total. The summed E-state index contributed by atoms with van der Waals surface area (Å²) < 4.78 is 38.4. The molecule has 0 spiro atoms. The van der Waals surface area contributed by atoms with Gasteiger partial charge >= 0.3 is 6.18 Å². The molecule has 13 heavy (non-hydrogen) atoms. The SMILES string of the molecule is FC(F)(F)C1CCn2ccnc2N1. The van der Waals surface area contributed by atoms with Crippen LogP contribution in [0.2, 0.25) is 0 Å². The Labute approximate surface area is 72.6 Å². The number of hydrogen-bond acceptors (Lipinski definition) is 2. The molecule has 0 bridgehead atoms. The molecule has 0 amide bonds. The highest BCUT2D eigenvalue weighted by Crippen LogP contribution is 2.28. The number of anilines is 1. The van der Waals surface area contributed by atoms with E-state index in [-0.39, 0.29) is 6.42 Å². The van der Waals surface area contributed by atoms with Gasteiger partial charge < -0.3 is 9.88 Å². The third-order valence-electron chi connectivity index (χ3n) is 2.07. The number of aromatic nitrogens is 2. The third kappa shape index (κ3) is 1.48. The number of halogens is 3. The monoisotopic (exact) mass is 191 g/mol. The summed E-state index contributed by atoms with van der Waals surface area (Å²) in [5, 5.41) is 2.34. The molecule has 2 heterocycles. The highest BCUT2D eigenvalue weighted by Gasteiger charge is 2.41. The first-order valence-electron chi connectivity index (χ1n) is 3.92. The van der Waals surface area contributed by atoms with Crippen molar-refractivity contribution >= 4 is 5.95 Å². The molecule has 1 N–H and O–H groups in total. The second-order valence-corrected chi connectivity index (χ2v) is 2.97. The number of aryl methyl sites for hydroxylation is 1. The molecule has 6 heteroatoms. The summed E-state index contributed by atoms with van der Waals surface area (Å²) in [6.07, 6.45) is -0.972. The van der Waals surface area contributed by atoms with Crippen LogP contribution in [0.5, 0.6) is 0 Å². The molecule has 0 saturated carbocycles. The number of nitrogens with zero attached hydrogens (tertiary/aromatic N) is 2. The van der Waals surface area contributed by atoms with Crippen LogP contribution in [0.4, 0.5) is 19.1 Å². The Morgan fingerprint density at radius 2 is 2.31 bits per heavy atom. The minimum absolute atomic E-state index is 0.0624. The van der Waals surface area contributed by atoms with Gasteiger partial charge in [-0.15, -0.1) is 0 Å². The first-order valence-corrected chi connectivity index (χ1v) is 3.92. The largest absolute Gasteiger partial charge is 0.408 e. The predicted molar refractivity (Wildman–Crippen MR) is 40.3 cm³/mol. The van der Waals surface area contributed by atoms with Gasteiger partial charge in [-0.3, -0.25) is 0 Å². The zero-order valence-electron chi connectivity index (χ0n) is 6.67. The van der Waals surface area contributed by atoms with E-state index in [1.807, 2.05) is 0 Å². The quantitative estimate of drug-likeness (QED) is 0.675. The average Bonchev–Trinajstić information content (AvgIpc) is 2.47. The fourth-order valence-corrected chi connectivity index (χ4v) is 1.37. The lowest BCUT2D eigenvalue weighted by atomic mass is 10.2. The second-order valence-electron chi connectivity index (χ2n) is 2.97. The van der Waals surface area contributed by atoms with Crippen LogP contribution in [0.15, 0.2) is 12.4 Å². The lowest BCUT2D eigenvalue weighted by molar-refractivity contribution is -0.145. The van der Waals surface area contributed by atoms with Gasteiger partial charge in [0.25, 0.3) is 0 Å². The van der Waals surface area contributed by atoms with Gasteiger partial charge in [-0.05, 0) is 6.42 Å². The Kier molecular flexibility index (Phi) is 1.71. The summed E-state index contributed by atoms with van der Waals surface area (Å²) in [6.45, 7) is 0.368. The third-order valence-corrected chi connectivity index (χ3v) is 2.07. The zero-order valence-corrected chi connectivity index (χ0v) is 6.67. The maximum atomic E-state index is 12.2. The van der Waals surface area contributed by atoms with Crippen molar-refractivity contribution in [2.75, 3.05) is 5.32 Å². The lowest BCUT2D eigenvalue weighted by Crippen LogP contribution is -2.40.